The maximum atomic E-state index is 13.5. The molecule has 0 unspecified atom stereocenters. The number of rotatable bonds is 7. The number of amides is 1. The zero-order valence-electron chi connectivity index (χ0n) is 17.8. The first kappa shape index (κ1) is 23.7. The zero-order valence-corrected chi connectivity index (χ0v) is 19.3. The van der Waals surface area contributed by atoms with Gasteiger partial charge in [0, 0.05) is 28.9 Å². The largest absolute Gasteiger partial charge is 0.491 e. The van der Waals surface area contributed by atoms with E-state index in [9.17, 15) is 14.3 Å². The van der Waals surface area contributed by atoms with Crippen molar-refractivity contribution in [3.8, 4) is 5.75 Å². The van der Waals surface area contributed by atoms with Crippen molar-refractivity contribution in [2.75, 3.05) is 31.6 Å². The highest BCUT2D eigenvalue weighted by molar-refractivity contribution is 6.31. The fourth-order valence-corrected chi connectivity index (χ4v) is 4.18. The Labute approximate surface area is 201 Å². The summed E-state index contributed by atoms with van der Waals surface area (Å²) in [4.78, 5) is 19.3. The predicted molar refractivity (Wildman–Crippen MR) is 127 cm³/mol. The van der Waals surface area contributed by atoms with Gasteiger partial charge in [-0.25, -0.2) is 9.37 Å². The smallest absolute Gasteiger partial charge is 0.228 e. The molecule has 9 heteroatoms. The van der Waals surface area contributed by atoms with Crippen LogP contribution < -0.4 is 10.1 Å². The van der Waals surface area contributed by atoms with E-state index in [0.29, 0.717) is 49.1 Å². The molecule has 0 radical (unpaired) electrons. The van der Waals surface area contributed by atoms with Gasteiger partial charge in [0.1, 0.15) is 30.1 Å². The van der Waals surface area contributed by atoms with Gasteiger partial charge in [0.25, 0.3) is 0 Å². The summed E-state index contributed by atoms with van der Waals surface area (Å²) in [7, 11) is 0. The van der Waals surface area contributed by atoms with Gasteiger partial charge in [-0.05, 0) is 68.4 Å². The molecule has 2 heterocycles. The summed E-state index contributed by atoms with van der Waals surface area (Å²) in [6.45, 7) is 1.84. The van der Waals surface area contributed by atoms with E-state index < -0.39 is 11.9 Å². The van der Waals surface area contributed by atoms with E-state index in [1.54, 1.807) is 18.2 Å². The Morgan fingerprint density at radius 2 is 1.97 bits per heavy atom. The number of nitrogens with zero attached hydrogens (tertiary/aromatic N) is 2. The number of aliphatic hydroxyl groups is 1. The Hall–Kier alpha value is -2.45. The summed E-state index contributed by atoms with van der Waals surface area (Å²) in [6.07, 6.45) is 0.639. The van der Waals surface area contributed by atoms with Crippen LogP contribution in [0, 0.1) is 11.7 Å². The number of carbonyl (C=O) groups excluding carboxylic acids is 1. The first-order valence-corrected chi connectivity index (χ1v) is 11.5. The summed E-state index contributed by atoms with van der Waals surface area (Å²) in [5.74, 6) is 0.103. The average Bonchev–Trinajstić information content (AvgIpc) is 2.80. The van der Waals surface area contributed by atoms with Crippen molar-refractivity contribution < 1.29 is 19.0 Å². The summed E-state index contributed by atoms with van der Waals surface area (Å²) in [5.41, 5.74) is 0.768. The minimum absolute atomic E-state index is 0.0242. The van der Waals surface area contributed by atoms with Crippen molar-refractivity contribution >= 4 is 45.8 Å². The van der Waals surface area contributed by atoms with Crippen molar-refractivity contribution in [1.82, 2.24) is 9.88 Å². The Morgan fingerprint density at radius 1 is 1.18 bits per heavy atom. The highest BCUT2D eigenvalue weighted by Gasteiger charge is 2.26. The molecule has 1 saturated heterocycles. The quantitative estimate of drug-likeness (QED) is 0.497. The van der Waals surface area contributed by atoms with Crippen molar-refractivity contribution in [3.63, 3.8) is 0 Å². The number of pyridine rings is 1. The van der Waals surface area contributed by atoms with Gasteiger partial charge >= 0.3 is 0 Å². The molecule has 1 amide bonds. The molecule has 2 aromatic carbocycles. The normalized spacial score (nSPS) is 16.0. The molecule has 0 saturated carbocycles. The highest BCUT2D eigenvalue weighted by Crippen LogP contribution is 2.23. The van der Waals surface area contributed by atoms with E-state index in [1.807, 2.05) is 18.2 Å². The maximum Gasteiger partial charge on any atom is 0.228 e. The molecular weight excluding hydrogens is 468 g/mol. The molecule has 1 aliphatic rings. The van der Waals surface area contributed by atoms with Crippen LogP contribution in [0.2, 0.25) is 10.0 Å². The van der Waals surface area contributed by atoms with Crippen LogP contribution in [0.5, 0.6) is 5.75 Å². The van der Waals surface area contributed by atoms with Gasteiger partial charge in [0.15, 0.2) is 0 Å². The van der Waals surface area contributed by atoms with Gasteiger partial charge in [-0.1, -0.05) is 23.2 Å². The van der Waals surface area contributed by atoms with Gasteiger partial charge < -0.3 is 20.1 Å². The highest BCUT2D eigenvalue weighted by atomic mass is 35.5. The minimum atomic E-state index is -0.732. The number of ether oxygens (including phenoxy) is 1. The van der Waals surface area contributed by atoms with Crippen LogP contribution in [-0.4, -0.2) is 53.2 Å². The summed E-state index contributed by atoms with van der Waals surface area (Å²) in [6, 6.07) is 13.2. The third-order valence-electron chi connectivity index (χ3n) is 5.66. The van der Waals surface area contributed by atoms with Gasteiger partial charge in [-0.3, -0.25) is 4.79 Å². The third kappa shape index (κ3) is 6.32. The number of aromatic nitrogens is 1. The number of hydrogen-bond acceptors (Lipinski definition) is 5. The molecule has 1 fully saturated rings. The number of benzene rings is 2. The molecule has 0 spiro atoms. The van der Waals surface area contributed by atoms with E-state index in [2.05, 4.69) is 15.2 Å². The van der Waals surface area contributed by atoms with E-state index in [1.165, 1.54) is 12.1 Å². The fraction of sp³-hybridized carbons (Fsp3) is 0.333. The average molecular weight is 492 g/mol. The molecule has 0 bridgehead atoms. The van der Waals surface area contributed by atoms with Crippen LogP contribution in [0.4, 0.5) is 10.2 Å². The number of likely N-dealkylation sites (tertiary alicyclic amines) is 1. The number of aliphatic hydroxyl groups excluding tert-OH is 1. The molecule has 6 nitrogen and oxygen atoms in total. The van der Waals surface area contributed by atoms with E-state index in [-0.39, 0.29) is 23.5 Å². The number of anilines is 1. The van der Waals surface area contributed by atoms with Crippen LogP contribution in [0.3, 0.4) is 0 Å². The third-order valence-corrected chi connectivity index (χ3v) is 6.20. The minimum Gasteiger partial charge on any atom is -0.491 e. The molecule has 174 valence electrons. The molecular formula is C24H24Cl2FN3O3. The lowest BCUT2D eigenvalue weighted by Gasteiger charge is -2.32. The standard InChI is InChI=1S/C24H24Cl2FN3O3/c25-17-2-5-22-16(11-17)1-6-23(28-22)29-24(32)15-7-9-30(10-8-15)13-18(31)14-33-19-3-4-20(26)21(27)12-19/h1-6,11-12,15,18,31H,7-10,13-14H2,(H,28,29,32)/t18-/m1/s1. The number of fused-ring (bicyclic) bond motifs is 1. The molecule has 0 aliphatic carbocycles. The van der Waals surface area contributed by atoms with Crippen molar-refractivity contribution in [2.24, 2.45) is 5.92 Å². The zero-order chi connectivity index (χ0) is 23.4. The van der Waals surface area contributed by atoms with Crippen LogP contribution in [0.15, 0.2) is 48.5 Å². The molecule has 2 N–H and O–H groups in total. The monoisotopic (exact) mass is 491 g/mol. The molecule has 1 aliphatic heterocycles. The van der Waals surface area contributed by atoms with Crippen LogP contribution in [0.1, 0.15) is 12.8 Å². The first-order valence-electron chi connectivity index (χ1n) is 10.7. The first-order chi connectivity index (χ1) is 15.9. The second-order valence-corrected chi connectivity index (χ2v) is 8.98. The Bertz CT molecular complexity index is 1140. The lowest BCUT2D eigenvalue weighted by atomic mass is 9.95. The maximum absolute atomic E-state index is 13.5. The van der Waals surface area contributed by atoms with Gasteiger partial charge in [0.05, 0.1) is 10.5 Å². The second-order valence-electron chi connectivity index (χ2n) is 8.14. The Balaban J connectivity index is 1.22. The van der Waals surface area contributed by atoms with Crippen LogP contribution in [0.25, 0.3) is 10.9 Å². The van der Waals surface area contributed by atoms with Crippen molar-refractivity contribution in [3.05, 3.63) is 64.4 Å². The summed E-state index contributed by atoms with van der Waals surface area (Å²) < 4.78 is 18.9. The van der Waals surface area contributed by atoms with Gasteiger partial charge in [-0.2, -0.15) is 0 Å². The number of piperidine rings is 1. The lowest BCUT2D eigenvalue weighted by molar-refractivity contribution is -0.121. The lowest BCUT2D eigenvalue weighted by Crippen LogP contribution is -2.42. The summed E-state index contributed by atoms with van der Waals surface area (Å²) >= 11 is 11.7. The molecule has 1 aromatic heterocycles. The Morgan fingerprint density at radius 3 is 2.73 bits per heavy atom. The van der Waals surface area contributed by atoms with E-state index in [0.717, 1.165) is 10.9 Å². The van der Waals surface area contributed by atoms with Gasteiger partial charge in [-0.15, -0.1) is 0 Å². The number of nitrogens with one attached hydrogen (secondary N) is 1. The van der Waals surface area contributed by atoms with E-state index >= 15 is 0 Å². The molecule has 3 aromatic rings. The summed E-state index contributed by atoms with van der Waals surface area (Å²) in [5, 5.41) is 14.8. The predicted octanol–water partition coefficient (Wildman–Crippen LogP) is 4.77. The van der Waals surface area contributed by atoms with Gasteiger partial charge in [0.2, 0.25) is 5.91 Å². The van der Waals surface area contributed by atoms with Crippen LogP contribution >= 0.6 is 23.2 Å². The topological polar surface area (TPSA) is 74.7 Å². The van der Waals surface area contributed by atoms with Crippen molar-refractivity contribution in [1.29, 1.82) is 0 Å². The Kier molecular flexibility index (Phi) is 7.65. The molecule has 4 rings (SSSR count). The van der Waals surface area contributed by atoms with Crippen LogP contribution in [-0.2, 0) is 4.79 Å². The molecule has 1 atom stereocenters. The molecule has 33 heavy (non-hydrogen) atoms. The second kappa shape index (κ2) is 10.7. The number of hydrogen-bond donors (Lipinski definition) is 2. The van der Waals surface area contributed by atoms with E-state index in [4.69, 9.17) is 27.9 Å². The fourth-order valence-electron chi connectivity index (χ4n) is 3.88. The number of β-amino-alcohol motifs (C(OH)–C–C–N with tert-alkyl or cyclic N) is 1. The van der Waals surface area contributed by atoms with Crippen molar-refractivity contribution in [2.45, 2.75) is 18.9 Å². The number of carbonyl (C=O) groups is 1. The number of halogens is 3. The SMILES string of the molecule is O=C(Nc1ccc2cc(Cl)ccc2n1)C1CCN(C[C@@H](O)COc2ccc(Cl)c(F)c2)CC1.